The molecule has 86 valence electrons. The number of hydrogen-bond acceptors (Lipinski definition) is 3. The molecule has 0 saturated carbocycles. The van der Waals surface area contributed by atoms with Crippen LogP contribution in [0.4, 0.5) is 0 Å². The molecule has 0 aromatic heterocycles. The van der Waals surface area contributed by atoms with E-state index in [1.54, 1.807) is 7.11 Å². The summed E-state index contributed by atoms with van der Waals surface area (Å²) in [6, 6.07) is 5.92. The van der Waals surface area contributed by atoms with Gasteiger partial charge in [0.15, 0.2) is 0 Å². The van der Waals surface area contributed by atoms with Gasteiger partial charge in [-0.3, -0.25) is 4.79 Å². The molecule has 1 atom stereocenters. The topological polar surface area (TPSA) is 35.5 Å². The van der Waals surface area contributed by atoms with Crippen molar-refractivity contribution in [3.63, 3.8) is 0 Å². The lowest BCUT2D eigenvalue weighted by molar-refractivity contribution is -0.147. The highest BCUT2D eigenvalue weighted by Gasteiger charge is 2.24. The van der Waals surface area contributed by atoms with E-state index >= 15 is 0 Å². The predicted octanol–water partition coefficient (Wildman–Crippen LogP) is 2.64. The van der Waals surface area contributed by atoms with Crippen LogP contribution in [0.2, 0.25) is 0 Å². The van der Waals surface area contributed by atoms with Gasteiger partial charge in [-0.15, -0.1) is 0 Å². The van der Waals surface area contributed by atoms with Gasteiger partial charge in [0.2, 0.25) is 0 Å². The highest BCUT2D eigenvalue weighted by Crippen LogP contribution is 2.37. The molecule has 1 aromatic rings. The molecule has 1 aliphatic rings. The van der Waals surface area contributed by atoms with E-state index in [9.17, 15) is 4.79 Å². The monoisotopic (exact) mass is 220 g/mol. The summed E-state index contributed by atoms with van der Waals surface area (Å²) in [5.74, 6) is 0.676. The quantitative estimate of drug-likeness (QED) is 0.719. The van der Waals surface area contributed by atoms with Gasteiger partial charge in [-0.1, -0.05) is 12.1 Å². The molecule has 16 heavy (non-hydrogen) atoms. The first-order chi connectivity index (χ1) is 7.72. The molecule has 0 bridgehead atoms. The zero-order valence-corrected chi connectivity index (χ0v) is 9.66. The number of benzene rings is 1. The Morgan fingerprint density at radius 3 is 2.94 bits per heavy atom. The SMILES string of the molecule is COc1cccc2c1CCCC2OC(C)=O. The first kappa shape index (κ1) is 11.0. The van der Waals surface area contributed by atoms with Crippen molar-refractivity contribution >= 4 is 5.97 Å². The summed E-state index contributed by atoms with van der Waals surface area (Å²) in [5, 5.41) is 0. The van der Waals surface area contributed by atoms with Gasteiger partial charge in [-0.2, -0.15) is 0 Å². The minimum absolute atomic E-state index is 0.101. The molecule has 2 rings (SSSR count). The third-order valence-electron chi connectivity index (χ3n) is 2.94. The molecular formula is C13H16O3. The lowest BCUT2D eigenvalue weighted by Crippen LogP contribution is -2.15. The Balaban J connectivity index is 2.35. The van der Waals surface area contributed by atoms with Gasteiger partial charge in [0.05, 0.1) is 7.11 Å². The summed E-state index contributed by atoms with van der Waals surface area (Å²) < 4.78 is 10.6. The summed E-state index contributed by atoms with van der Waals surface area (Å²) in [5.41, 5.74) is 2.28. The Bertz CT molecular complexity index is 398. The zero-order chi connectivity index (χ0) is 11.5. The van der Waals surface area contributed by atoms with Crippen molar-refractivity contribution in [2.45, 2.75) is 32.3 Å². The van der Waals surface area contributed by atoms with Gasteiger partial charge in [-0.05, 0) is 30.9 Å². The van der Waals surface area contributed by atoms with Crippen molar-refractivity contribution < 1.29 is 14.3 Å². The number of methoxy groups -OCH3 is 1. The molecule has 0 amide bonds. The third-order valence-corrected chi connectivity index (χ3v) is 2.94. The van der Waals surface area contributed by atoms with Crippen LogP contribution < -0.4 is 4.74 Å². The minimum Gasteiger partial charge on any atom is -0.496 e. The smallest absolute Gasteiger partial charge is 0.303 e. The van der Waals surface area contributed by atoms with Crippen molar-refractivity contribution in [1.29, 1.82) is 0 Å². The number of carbonyl (C=O) groups is 1. The second kappa shape index (κ2) is 4.56. The van der Waals surface area contributed by atoms with Gasteiger partial charge < -0.3 is 9.47 Å². The number of hydrogen-bond donors (Lipinski definition) is 0. The normalized spacial score (nSPS) is 18.8. The van der Waals surface area contributed by atoms with Crippen LogP contribution in [-0.2, 0) is 16.0 Å². The number of rotatable bonds is 2. The Kier molecular flexibility index (Phi) is 3.13. The maximum atomic E-state index is 11.0. The van der Waals surface area contributed by atoms with Crippen LogP contribution >= 0.6 is 0 Å². The van der Waals surface area contributed by atoms with Crippen LogP contribution in [0, 0.1) is 0 Å². The van der Waals surface area contributed by atoms with Crippen LogP contribution in [0.5, 0.6) is 5.75 Å². The van der Waals surface area contributed by atoms with E-state index in [4.69, 9.17) is 9.47 Å². The van der Waals surface area contributed by atoms with Gasteiger partial charge in [0.25, 0.3) is 0 Å². The lowest BCUT2D eigenvalue weighted by Gasteiger charge is -2.26. The largest absolute Gasteiger partial charge is 0.496 e. The fourth-order valence-corrected chi connectivity index (χ4v) is 2.29. The van der Waals surface area contributed by atoms with E-state index in [0.717, 1.165) is 30.6 Å². The number of ether oxygens (including phenoxy) is 2. The maximum Gasteiger partial charge on any atom is 0.303 e. The van der Waals surface area contributed by atoms with E-state index < -0.39 is 0 Å². The molecule has 0 N–H and O–H groups in total. The third kappa shape index (κ3) is 2.03. The molecule has 0 radical (unpaired) electrons. The summed E-state index contributed by atoms with van der Waals surface area (Å²) >= 11 is 0. The maximum absolute atomic E-state index is 11.0. The second-order valence-corrected chi connectivity index (χ2v) is 4.02. The van der Waals surface area contributed by atoms with Crippen LogP contribution in [-0.4, -0.2) is 13.1 Å². The first-order valence-corrected chi connectivity index (χ1v) is 5.55. The fourth-order valence-electron chi connectivity index (χ4n) is 2.29. The van der Waals surface area contributed by atoms with E-state index in [1.165, 1.54) is 12.5 Å². The van der Waals surface area contributed by atoms with Gasteiger partial charge in [-0.25, -0.2) is 0 Å². The summed E-state index contributed by atoms with van der Waals surface area (Å²) in [6.07, 6.45) is 2.83. The summed E-state index contributed by atoms with van der Waals surface area (Å²) in [7, 11) is 1.67. The van der Waals surface area contributed by atoms with Crippen molar-refractivity contribution in [3.05, 3.63) is 29.3 Å². The molecule has 0 spiro atoms. The Labute approximate surface area is 95.4 Å². The number of carbonyl (C=O) groups excluding carboxylic acids is 1. The van der Waals surface area contributed by atoms with Gasteiger partial charge >= 0.3 is 5.97 Å². The van der Waals surface area contributed by atoms with Crippen LogP contribution in [0.25, 0.3) is 0 Å². The molecule has 0 aliphatic heterocycles. The van der Waals surface area contributed by atoms with Crippen LogP contribution in [0.15, 0.2) is 18.2 Å². The molecule has 1 aromatic carbocycles. The van der Waals surface area contributed by atoms with Crippen LogP contribution in [0.1, 0.15) is 37.0 Å². The molecule has 3 nitrogen and oxygen atoms in total. The van der Waals surface area contributed by atoms with Gasteiger partial charge in [0, 0.05) is 12.5 Å². The average molecular weight is 220 g/mol. The van der Waals surface area contributed by atoms with Crippen molar-refractivity contribution in [2.75, 3.05) is 7.11 Å². The van der Waals surface area contributed by atoms with Crippen molar-refractivity contribution in [2.24, 2.45) is 0 Å². The minimum atomic E-state index is -0.222. The second-order valence-electron chi connectivity index (χ2n) is 4.02. The molecule has 0 fully saturated rings. The van der Waals surface area contributed by atoms with E-state index in [1.807, 2.05) is 18.2 Å². The van der Waals surface area contributed by atoms with E-state index in [-0.39, 0.29) is 12.1 Å². The van der Waals surface area contributed by atoms with Crippen molar-refractivity contribution in [3.8, 4) is 5.75 Å². The molecule has 0 saturated heterocycles. The Hall–Kier alpha value is -1.51. The highest BCUT2D eigenvalue weighted by molar-refractivity contribution is 5.66. The lowest BCUT2D eigenvalue weighted by atomic mass is 9.88. The highest BCUT2D eigenvalue weighted by atomic mass is 16.5. The molecular weight excluding hydrogens is 204 g/mol. The fraction of sp³-hybridized carbons (Fsp3) is 0.462. The Morgan fingerprint density at radius 2 is 2.25 bits per heavy atom. The molecule has 1 aliphatic carbocycles. The predicted molar refractivity (Wildman–Crippen MR) is 60.4 cm³/mol. The zero-order valence-electron chi connectivity index (χ0n) is 9.66. The average Bonchev–Trinajstić information content (AvgIpc) is 2.28. The van der Waals surface area contributed by atoms with Crippen LogP contribution in [0.3, 0.4) is 0 Å². The van der Waals surface area contributed by atoms with Crippen molar-refractivity contribution in [1.82, 2.24) is 0 Å². The van der Waals surface area contributed by atoms with Gasteiger partial charge in [0.1, 0.15) is 11.9 Å². The van der Waals surface area contributed by atoms with E-state index in [2.05, 4.69) is 0 Å². The molecule has 0 heterocycles. The number of esters is 1. The Morgan fingerprint density at radius 1 is 1.44 bits per heavy atom. The molecule has 1 unspecified atom stereocenters. The first-order valence-electron chi connectivity index (χ1n) is 5.55. The number of fused-ring (bicyclic) bond motifs is 1. The molecule has 3 heteroatoms. The summed E-state index contributed by atoms with van der Waals surface area (Å²) in [6.45, 7) is 1.45. The summed E-state index contributed by atoms with van der Waals surface area (Å²) in [4.78, 5) is 11.0. The van der Waals surface area contributed by atoms with E-state index in [0.29, 0.717) is 0 Å². The standard InChI is InChI=1S/C13H16O3/c1-9(14)16-13-8-4-5-10-11(13)6-3-7-12(10)15-2/h3,6-7,13H,4-5,8H2,1-2H3.